The van der Waals surface area contributed by atoms with Gasteiger partial charge < -0.3 is 10.6 Å². The molecule has 0 fully saturated rings. The fraction of sp³-hybridized carbons (Fsp3) is 0.235. The SMILES string of the molecule is C[C@@H]([NH2+]CC(=O)Nc1ccccc1SC(F)F)c1ccc(Cl)cc1. The molecular formula is C17H18ClF2N2OS+. The third-order valence-corrected chi connectivity index (χ3v) is 4.47. The summed E-state index contributed by atoms with van der Waals surface area (Å²) in [7, 11) is 0. The summed E-state index contributed by atoms with van der Waals surface area (Å²) in [4.78, 5) is 12.4. The number of quaternary nitrogens is 1. The third-order valence-electron chi connectivity index (χ3n) is 3.43. The van der Waals surface area contributed by atoms with Crippen LogP contribution in [0.25, 0.3) is 0 Å². The Balaban J connectivity index is 1.90. The molecule has 7 heteroatoms. The number of nitrogens with one attached hydrogen (secondary N) is 1. The summed E-state index contributed by atoms with van der Waals surface area (Å²) in [6.07, 6.45) is 0. The van der Waals surface area contributed by atoms with Crippen LogP contribution in [0.5, 0.6) is 0 Å². The standard InChI is InChI=1S/C17H17ClF2N2OS/c1-11(12-6-8-13(18)9-7-12)21-10-16(23)22-14-4-2-3-5-15(14)24-17(19)20/h2-9,11,17,21H,10H2,1H3,(H,22,23)/p+1/t11-/m1/s1. The predicted octanol–water partition coefficient (Wildman–Crippen LogP) is 3.92. The van der Waals surface area contributed by atoms with E-state index in [0.717, 1.165) is 5.56 Å². The fourth-order valence-corrected chi connectivity index (χ4v) is 2.88. The van der Waals surface area contributed by atoms with Gasteiger partial charge in [0.2, 0.25) is 0 Å². The highest BCUT2D eigenvalue weighted by Gasteiger charge is 2.14. The van der Waals surface area contributed by atoms with Crippen molar-refractivity contribution in [2.45, 2.75) is 23.6 Å². The predicted molar refractivity (Wildman–Crippen MR) is 93.6 cm³/mol. The van der Waals surface area contributed by atoms with Gasteiger partial charge in [-0.25, -0.2) is 0 Å². The summed E-state index contributed by atoms with van der Waals surface area (Å²) >= 11 is 6.27. The van der Waals surface area contributed by atoms with Crippen LogP contribution in [0.2, 0.25) is 5.02 Å². The number of para-hydroxylation sites is 1. The first-order valence-corrected chi connectivity index (χ1v) is 8.64. The van der Waals surface area contributed by atoms with E-state index in [9.17, 15) is 13.6 Å². The smallest absolute Gasteiger partial charge is 0.288 e. The van der Waals surface area contributed by atoms with Gasteiger partial charge in [0.1, 0.15) is 6.04 Å². The lowest BCUT2D eigenvalue weighted by molar-refractivity contribution is -0.682. The maximum atomic E-state index is 12.5. The summed E-state index contributed by atoms with van der Waals surface area (Å²) in [5, 5.41) is 5.23. The first-order valence-electron chi connectivity index (χ1n) is 7.38. The third kappa shape index (κ3) is 5.78. The van der Waals surface area contributed by atoms with Crippen molar-refractivity contribution in [3.05, 3.63) is 59.1 Å². The Hall–Kier alpha value is -1.63. The normalized spacial score (nSPS) is 12.2. The number of hydrogen-bond acceptors (Lipinski definition) is 2. The summed E-state index contributed by atoms with van der Waals surface area (Å²) in [5.74, 6) is -2.77. The van der Waals surface area contributed by atoms with E-state index < -0.39 is 5.76 Å². The molecule has 24 heavy (non-hydrogen) atoms. The molecule has 0 aromatic heterocycles. The quantitative estimate of drug-likeness (QED) is 0.725. The van der Waals surface area contributed by atoms with Gasteiger partial charge in [-0.2, -0.15) is 8.78 Å². The molecule has 2 rings (SSSR count). The molecule has 0 aliphatic carbocycles. The number of anilines is 1. The van der Waals surface area contributed by atoms with Crippen molar-refractivity contribution in [3.63, 3.8) is 0 Å². The van der Waals surface area contributed by atoms with Crippen LogP contribution in [-0.4, -0.2) is 18.2 Å². The highest BCUT2D eigenvalue weighted by atomic mass is 35.5. The number of amides is 1. The molecule has 0 aliphatic heterocycles. The van der Waals surface area contributed by atoms with Crippen molar-refractivity contribution < 1.29 is 18.9 Å². The second kappa shape index (κ2) is 9.01. The Morgan fingerprint density at radius 1 is 1.21 bits per heavy atom. The average molecular weight is 372 g/mol. The molecule has 3 N–H and O–H groups in total. The topological polar surface area (TPSA) is 45.7 Å². The lowest BCUT2D eigenvalue weighted by Gasteiger charge is -2.13. The Bertz CT molecular complexity index is 683. The Morgan fingerprint density at radius 2 is 1.88 bits per heavy atom. The second-order valence-electron chi connectivity index (χ2n) is 5.20. The Labute approximate surface area is 148 Å². The van der Waals surface area contributed by atoms with Crippen LogP contribution in [0.15, 0.2) is 53.4 Å². The molecule has 0 saturated carbocycles. The molecule has 1 atom stereocenters. The van der Waals surface area contributed by atoms with Crippen molar-refractivity contribution in [1.29, 1.82) is 0 Å². The highest BCUT2D eigenvalue weighted by Crippen LogP contribution is 2.31. The number of rotatable bonds is 7. The second-order valence-corrected chi connectivity index (χ2v) is 6.67. The molecule has 0 radical (unpaired) electrons. The van der Waals surface area contributed by atoms with Gasteiger partial charge in [0.05, 0.1) is 5.69 Å². The molecule has 0 heterocycles. The van der Waals surface area contributed by atoms with Gasteiger partial charge in [-0.05, 0) is 31.2 Å². The first-order chi connectivity index (χ1) is 11.5. The van der Waals surface area contributed by atoms with Crippen molar-refractivity contribution in [2.24, 2.45) is 0 Å². The van der Waals surface area contributed by atoms with E-state index in [4.69, 9.17) is 11.6 Å². The van der Waals surface area contributed by atoms with Gasteiger partial charge in [0.25, 0.3) is 11.7 Å². The summed E-state index contributed by atoms with van der Waals surface area (Å²) < 4.78 is 25.1. The van der Waals surface area contributed by atoms with Crippen molar-refractivity contribution >= 4 is 35.0 Å². The molecule has 0 aliphatic rings. The maximum Gasteiger partial charge on any atom is 0.288 e. The van der Waals surface area contributed by atoms with Crippen LogP contribution in [0.1, 0.15) is 18.5 Å². The Morgan fingerprint density at radius 3 is 2.54 bits per heavy atom. The minimum Gasteiger partial charge on any atom is -0.333 e. The van der Waals surface area contributed by atoms with Crippen LogP contribution in [0.4, 0.5) is 14.5 Å². The van der Waals surface area contributed by atoms with Gasteiger partial charge in [0.15, 0.2) is 6.54 Å². The van der Waals surface area contributed by atoms with Gasteiger partial charge in [-0.15, -0.1) is 0 Å². The molecule has 0 saturated heterocycles. The van der Waals surface area contributed by atoms with Gasteiger partial charge in [0, 0.05) is 15.5 Å². The van der Waals surface area contributed by atoms with Gasteiger partial charge in [-0.1, -0.05) is 47.6 Å². The summed E-state index contributed by atoms with van der Waals surface area (Å²) in [5.41, 5.74) is 1.46. The number of halogens is 3. The zero-order chi connectivity index (χ0) is 17.5. The zero-order valence-electron chi connectivity index (χ0n) is 13.0. The number of nitrogens with two attached hydrogens (primary N) is 1. The number of thioether (sulfide) groups is 1. The van der Waals surface area contributed by atoms with E-state index in [1.54, 1.807) is 36.4 Å². The molecule has 2 aromatic carbocycles. The van der Waals surface area contributed by atoms with Crippen molar-refractivity contribution in [3.8, 4) is 0 Å². The molecule has 2 aromatic rings. The van der Waals surface area contributed by atoms with Gasteiger partial charge >= 0.3 is 0 Å². The number of benzene rings is 2. The molecule has 1 amide bonds. The molecular weight excluding hydrogens is 354 g/mol. The van der Waals surface area contributed by atoms with Crippen molar-refractivity contribution in [2.75, 3.05) is 11.9 Å². The van der Waals surface area contributed by atoms with Crippen LogP contribution < -0.4 is 10.6 Å². The van der Waals surface area contributed by atoms with Gasteiger partial charge in [-0.3, -0.25) is 4.79 Å². The Kier molecular flexibility index (Phi) is 7.02. The van der Waals surface area contributed by atoms with Crippen LogP contribution in [0.3, 0.4) is 0 Å². The minimum atomic E-state index is -2.53. The maximum absolute atomic E-state index is 12.5. The largest absolute Gasteiger partial charge is 0.333 e. The first kappa shape index (κ1) is 18.7. The van der Waals surface area contributed by atoms with Crippen LogP contribution in [-0.2, 0) is 4.79 Å². The van der Waals surface area contributed by atoms with Crippen LogP contribution >= 0.6 is 23.4 Å². The van der Waals surface area contributed by atoms with E-state index in [1.165, 1.54) is 0 Å². The molecule has 0 spiro atoms. The van der Waals surface area contributed by atoms with Crippen LogP contribution in [0, 0.1) is 0 Å². The van der Waals surface area contributed by atoms with E-state index in [0.29, 0.717) is 27.4 Å². The zero-order valence-corrected chi connectivity index (χ0v) is 14.6. The molecule has 0 bridgehead atoms. The fourth-order valence-electron chi connectivity index (χ4n) is 2.16. The number of alkyl halides is 2. The van der Waals surface area contributed by atoms with E-state index in [1.807, 2.05) is 24.4 Å². The molecule has 3 nitrogen and oxygen atoms in total. The monoisotopic (exact) mass is 371 g/mol. The highest BCUT2D eigenvalue weighted by molar-refractivity contribution is 7.99. The van der Waals surface area contributed by atoms with E-state index in [-0.39, 0.29) is 18.5 Å². The summed E-state index contributed by atoms with van der Waals surface area (Å²) in [6.45, 7) is 2.18. The lowest BCUT2D eigenvalue weighted by atomic mass is 10.1. The molecule has 128 valence electrons. The number of hydrogen-bond donors (Lipinski definition) is 2. The minimum absolute atomic E-state index is 0.0821. The summed E-state index contributed by atoms with van der Waals surface area (Å²) in [6, 6.07) is 14.1. The van der Waals surface area contributed by atoms with Crippen molar-refractivity contribution in [1.82, 2.24) is 0 Å². The van der Waals surface area contributed by atoms with E-state index in [2.05, 4.69) is 5.32 Å². The molecule has 0 unspecified atom stereocenters. The number of carbonyl (C=O) groups excluding carboxylic acids is 1. The van der Waals surface area contributed by atoms with E-state index >= 15 is 0 Å². The lowest BCUT2D eigenvalue weighted by Crippen LogP contribution is -2.86. The average Bonchev–Trinajstić information content (AvgIpc) is 2.54. The number of carbonyl (C=O) groups is 1.